The van der Waals surface area contributed by atoms with Gasteiger partial charge < -0.3 is 5.11 Å². The third-order valence-electron chi connectivity index (χ3n) is 4.78. The van der Waals surface area contributed by atoms with Gasteiger partial charge in [0, 0.05) is 4.47 Å². The van der Waals surface area contributed by atoms with Gasteiger partial charge in [-0.05, 0) is 61.1 Å². The van der Waals surface area contributed by atoms with Crippen LogP contribution in [0.4, 0.5) is 4.39 Å². The Bertz CT molecular complexity index is 516. The van der Waals surface area contributed by atoms with Crippen molar-refractivity contribution >= 4 is 21.9 Å². The lowest BCUT2D eigenvalue weighted by Crippen LogP contribution is -2.33. The van der Waals surface area contributed by atoms with Gasteiger partial charge >= 0.3 is 5.97 Å². The summed E-state index contributed by atoms with van der Waals surface area (Å²) in [6.45, 7) is 4.41. The Balaban J connectivity index is 2.17. The maximum Gasteiger partial charge on any atom is 0.306 e. The van der Waals surface area contributed by atoms with E-state index >= 15 is 0 Å². The zero-order valence-electron chi connectivity index (χ0n) is 12.5. The van der Waals surface area contributed by atoms with E-state index in [0.29, 0.717) is 18.3 Å². The van der Waals surface area contributed by atoms with E-state index in [9.17, 15) is 14.3 Å². The monoisotopic (exact) mass is 356 g/mol. The molecular formula is C17H22BrFO2. The molecule has 0 amide bonds. The fourth-order valence-corrected chi connectivity index (χ4v) is 3.94. The van der Waals surface area contributed by atoms with Crippen LogP contribution < -0.4 is 0 Å². The van der Waals surface area contributed by atoms with E-state index in [1.54, 1.807) is 6.07 Å². The molecule has 1 saturated carbocycles. The zero-order valence-corrected chi connectivity index (χ0v) is 14.1. The summed E-state index contributed by atoms with van der Waals surface area (Å²) in [5, 5.41) is 9.45. The smallest absolute Gasteiger partial charge is 0.306 e. The molecule has 0 heterocycles. The molecule has 1 N–H and O–H groups in total. The molecule has 0 saturated heterocycles. The molecule has 0 aliphatic heterocycles. The van der Waals surface area contributed by atoms with Crippen molar-refractivity contribution in [2.75, 3.05) is 0 Å². The highest BCUT2D eigenvalue weighted by atomic mass is 79.9. The second-order valence-electron chi connectivity index (χ2n) is 6.46. The molecule has 0 spiro atoms. The first-order valence-electron chi connectivity index (χ1n) is 7.55. The Morgan fingerprint density at radius 1 is 1.43 bits per heavy atom. The van der Waals surface area contributed by atoms with Gasteiger partial charge in [0.05, 0.1) is 5.92 Å². The van der Waals surface area contributed by atoms with Crippen LogP contribution in [0.1, 0.15) is 38.7 Å². The van der Waals surface area contributed by atoms with Crippen molar-refractivity contribution in [3.05, 3.63) is 34.1 Å². The van der Waals surface area contributed by atoms with Gasteiger partial charge in [0.2, 0.25) is 0 Å². The van der Waals surface area contributed by atoms with Gasteiger partial charge in [0.25, 0.3) is 0 Å². The third kappa shape index (κ3) is 4.06. The summed E-state index contributed by atoms with van der Waals surface area (Å²) >= 11 is 3.39. The van der Waals surface area contributed by atoms with Crippen LogP contribution in [0.2, 0.25) is 0 Å². The molecule has 1 fully saturated rings. The van der Waals surface area contributed by atoms with Crippen LogP contribution in [0.3, 0.4) is 0 Å². The van der Waals surface area contributed by atoms with Crippen LogP contribution in [0.25, 0.3) is 0 Å². The fraction of sp³-hybridized carbons (Fsp3) is 0.588. The molecule has 2 rings (SSSR count). The molecule has 3 atom stereocenters. The molecule has 1 aromatic carbocycles. The summed E-state index contributed by atoms with van der Waals surface area (Å²) in [6.07, 6.45) is 3.39. The van der Waals surface area contributed by atoms with Gasteiger partial charge in [0.1, 0.15) is 5.82 Å². The standard InChI is InChI=1S/C17H22BrFO2/c1-10(2)11-4-6-15(17(20)21)13(7-11)8-12-3-5-14(19)9-16(12)18/h3,5,9-11,13,15H,4,6-8H2,1-2H3,(H,20,21). The van der Waals surface area contributed by atoms with Crippen LogP contribution in [0.5, 0.6) is 0 Å². The van der Waals surface area contributed by atoms with E-state index in [-0.39, 0.29) is 17.7 Å². The molecule has 0 aromatic heterocycles. The highest BCUT2D eigenvalue weighted by molar-refractivity contribution is 9.10. The van der Waals surface area contributed by atoms with Gasteiger partial charge in [-0.2, -0.15) is 0 Å². The Morgan fingerprint density at radius 3 is 2.71 bits per heavy atom. The molecule has 3 unspecified atom stereocenters. The lowest BCUT2D eigenvalue weighted by Gasteiger charge is -2.36. The minimum Gasteiger partial charge on any atom is -0.481 e. The van der Waals surface area contributed by atoms with Crippen molar-refractivity contribution in [3.8, 4) is 0 Å². The minimum absolute atomic E-state index is 0.130. The van der Waals surface area contributed by atoms with E-state index in [2.05, 4.69) is 29.8 Å². The van der Waals surface area contributed by atoms with Crippen LogP contribution in [-0.4, -0.2) is 11.1 Å². The minimum atomic E-state index is -0.694. The summed E-state index contributed by atoms with van der Waals surface area (Å²) in [4.78, 5) is 11.5. The SMILES string of the molecule is CC(C)C1CCC(C(=O)O)C(Cc2ccc(F)cc2Br)C1. The molecule has 4 heteroatoms. The van der Waals surface area contributed by atoms with E-state index in [1.165, 1.54) is 12.1 Å². The average molecular weight is 357 g/mol. The summed E-state index contributed by atoms with van der Waals surface area (Å²) in [7, 11) is 0. The molecule has 21 heavy (non-hydrogen) atoms. The first-order valence-corrected chi connectivity index (χ1v) is 8.34. The van der Waals surface area contributed by atoms with Crippen molar-refractivity contribution in [2.45, 2.75) is 39.5 Å². The van der Waals surface area contributed by atoms with Crippen molar-refractivity contribution in [1.82, 2.24) is 0 Å². The second-order valence-corrected chi connectivity index (χ2v) is 7.32. The quantitative estimate of drug-likeness (QED) is 0.832. The number of carboxylic acids is 1. The van der Waals surface area contributed by atoms with Crippen molar-refractivity contribution in [1.29, 1.82) is 0 Å². The van der Waals surface area contributed by atoms with E-state index in [0.717, 1.165) is 29.3 Å². The Morgan fingerprint density at radius 2 is 2.14 bits per heavy atom. The van der Waals surface area contributed by atoms with Gasteiger partial charge in [-0.25, -0.2) is 4.39 Å². The van der Waals surface area contributed by atoms with Gasteiger partial charge in [0.15, 0.2) is 0 Å². The third-order valence-corrected chi connectivity index (χ3v) is 5.52. The molecule has 2 nitrogen and oxygen atoms in total. The summed E-state index contributed by atoms with van der Waals surface area (Å²) in [5.74, 6) is 0.0515. The number of hydrogen-bond donors (Lipinski definition) is 1. The normalized spacial score (nSPS) is 26.0. The van der Waals surface area contributed by atoms with Crippen LogP contribution in [-0.2, 0) is 11.2 Å². The van der Waals surface area contributed by atoms with E-state index in [1.807, 2.05) is 0 Å². The highest BCUT2D eigenvalue weighted by Gasteiger charge is 2.36. The number of aliphatic carboxylic acids is 1. The predicted molar refractivity (Wildman–Crippen MR) is 84.6 cm³/mol. The lowest BCUT2D eigenvalue weighted by molar-refractivity contribution is -0.145. The molecule has 0 radical (unpaired) electrons. The van der Waals surface area contributed by atoms with Crippen LogP contribution in [0.15, 0.2) is 22.7 Å². The largest absolute Gasteiger partial charge is 0.481 e. The topological polar surface area (TPSA) is 37.3 Å². The molecular weight excluding hydrogens is 335 g/mol. The number of rotatable bonds is 4. The molecule has 1 aliphatic carbocycles. The maximum absolute atomic E-state index is 13.2. The molecule has 0 bridgehead atoms. The number of halogens is 2. The Hall–Kier alpha value is -0.900. The Labute approximate surface area is 133 Å². The Kier molecular flexibility index (Phi) is 5.42. The first kappa shape index (κ1) is 16.5. The van der Waals surface area contributed by atoms with Gasteiger partial charge in [-0.3, -0.25) is 4.79 Å². The lowest BCUT2D eigenvalue weighted by atomic mass is 9.69. The van der Waals surface area contributed by atoms with Crippen LogP contribution >= 0.6 is 15.9 Å². The second kappa shape index (κ2) is 6.91. The summed E-state index contributed by atoms with van der Waals surface area (Å²) in [5.41, 5.74) is 0.997. The highest BCUT2D eigenvalue weighted by Crippen LogP contribution is 2.40. The van der Waals surface area contributed by atoms with Crippen LogP contribution in [0, 0.1) is 29.5 Å². The van der Waals surface area contributed by atoms with E-state index in [4.69, 9.17) is 0 Å². The van der Waals surface area contributed by atoms with E-state index < -0.39 is 5.97 Å². The van der Waals surface area contributed by atoms with Crippen molar-refractivity contribution in [3.63, 3.8) is 0 Å². The van der Waals surface area contributed by atoms with Crippen molar-refractivity contribution < 1.29 is 14.3 Å². The molecule has 1 aromatic rings. The first-order chi connectivity index (χ1) is 9.88. The number of benzene rings is 1. The maximum atomic E-state index is 13.2. The predicted octanol–water partition coefficient (Wildman–Crippen LogP) is 4.90. The number of carboxylic acid groups (broad SMARTS) is 1. The summed E-state index contributed by atoms with van der Waals surface area (Å²) < 4.78 is 13.9. The van der Waals surface area contributed by atoms with Gasteiger partial charge in [-0.15, -0.1) is 0 Å². The molecule has 116 valence electrons. The average Bonchev–Trinajstić information content (AvgIpc) is 2.41. The zero-order chi connectivity index (χ0) is 15.6. The molecule has 1 aliphatic rings. The number of hydrogen-bond acceptors (Lipinski definition) is 1. The van der Waals surface area contributed by atoms with Crippen molar-refractivity contribution in [2.24, 2.45) is 23.7 Å². The number of carbonyl (C=O) groups is 1. The summed E-state index contributed by atoms with van der Waals surface area (Å²) in [6, 6.07) is 4.66. The van der Waals surface area contributed by atoms with Gasteiger partial charge in [-0.1, -0.05) is 35.8 Å². The fourth-order valence-electron chi connectivity index (χ4n) is 3.43.